The topological polar surface area (TPSA) is 93.6 Å². The third-order valence-corrected chi connectivity index (χ3v) is 2.16. The van der Waals surface area contributed by atoms with Crippen molar-refractivity contribution >= 4 is 41.1 Å². The molecule has 1 rings (SSSR count). The number of halogens is 3. The molecule has 96 valence electrons. The molecule has 0 atom stereocenters. The van der Waals surface area contributed by atoms with Crippen LogP contribution in [0.5, 0.6) is 0 Å². The van der Waals surface area contributed by atoms with Gasteiger partial charge >= 0.3 is 17.9 Å². The highest BCUT2D eigenvalue weighted by molar-refractivity contribution is 6.34. The maximum atomic E-state index is 13.0. The molecule has 1 heterocycles. The number of carbonyl (C=O) groups is 3. The SMILES string of the molecule is O=C(O)CC(=O)OC(=O)c1cc(F)c(Cl)nc1Cl. The fourth-order valence-electron chi connectivity index (χ4n) is 0.907. The molecule has 0 aromatic carbocycles. The van der Waals surface area contributed by atoms with Crippen molar-refractivity contribution in [3.05, 3.63) is 27.8 Å². The molecule has 6 nitrogen and oxygen atoms in total. The fraction of sp³-hybridized carbons (Fsp3) is 0.111. The molecule has 9 heteroatoms. The van der Waals surface area contributed by atoms with Gasteiger partial charge in [0.1, 0.15) is 17.1 Å². The average Bonchev–Trinajstić information content (AvgIpc) is 2.21. The lowest BCUT2D eigenvalue weighted by atomic mass is 10.3. The molecule has 0 unspecified atom stereocenters. The Morgan fingerprint density at radius 2 is 1.94 bits per heavy atom. The standard InChI is InChI=1S/C9H4Cl2FNO5/c10-7-3(1-4(12)8(11)13-7)9(17)18-6(16)2-5(14)15/h1H,2H2,(H,14,15). The maximum absolute atomic E-state index is 13.0. The predicted octanol–water partition coefficient (Wildman–Crippen LogP) is 1.69. The van der Waals surface area contributed by atoms with Crippen LogP contribution in [-0.2, 0) is 14.3 Å². The summed E-state index contributed by atoms with van der Waals surface area (Å²) >= 11 is 10.8. The third-order valence-electron chi connectivity index (χ3n) is 1.61. The summed E-state index contributed by atoms with van der Waals surface area (Å²) in [6.07, 6.45) is -1.01. The minimum Gasteiger partial charge on any atom is -0.481 e. The minimum absolute atomic E-state index is 0.463. The van der Waals surface area contributed by atoms with E-state index in [1.807, 2.05) is 0 Å². The second-order valence-electron chi connectivity index (χ2n) is 2.93. The van der Waals surface area contributed by atoms with Crippen LogP contribution in [0.25, 0.3) is 0 Å². The van der Waals surface area contributed by atoms with Crippen molar-refractivity contribution in [2.24, 2.45) is 0 Å². The summed E-state index contributed by atoms with van der Waals surface area (Å²) in [5, 5.41) is 7.26. The number of pyridine rings is 1. The van der Waals surface area contributed by atoms with Crippen LogP contribution in [0.3, 0.4) is 0 Å². The van der Waals surface area contributed by atoms with Gasteiger partial charge in [-0.15, -0.1) is 0 Å². The van der Waals surface area contributed by atoms with Gasteiger partial charge in [-0.3, -0.25) is 9.59 Å². The summed E-state index contributed by atoms with van der Waals surface area (Å²) in [6, 6.07) is 0.633. The van der Waals surface area contributed by atoms with Gasteiger partial charge in [-0.1, -0.05) is 23.2 Å². The lowest BCUT2D eigenvalue weighted by molar-refractivity contribution is -0.147. The van der Waals surface area contributed by atoms with E-state index < -0.39 is 46.0 Å². The number of hydrogen-bond acceptors (Lipinski definition) is 5. The van der Waals surface area contributed by atoms with E-state index in [-0.39, 0.29) is 0 Å². The summed E-state index contributed by atoms with van der Waals surface area (Å²) in [5.41, 5.74) is -0.530. The van der Waals surface area contributed by atoms with Gasteiger partial charge < -0.3 is 9.84 Å². The van der Waals surface area contributed by atoms with Crippen molar-refractivity contribution < 1.29 is 28.6 Å². The molecule has 0 radical (unpaired) electrons. The molecule has 0 saturated carbocycles. The lowest BCUT2D eigenvalue weighted by Crippen LogP contribution is -2.16. The van der Waals surface area contributed by atoms with E-state index in [4.69, 9.17) is 28.3 Å². The van der Waals surface area contributed by atoms with Crippen molar-refractivity contribution in [1.29, 1.82) is 0 Å². The molecule has 0 aliphatic heterocycles. The molecule has 1 N–H and O–H groups in total. The Bertz CT molecular complexity index is 534. The maximum Gasteiger partial charge on any atom is 0.349 e. The second kappa shape index (κ2) is 5.74. The lowest BCUT2D eigenvalue weighted by Gasteiger charge is -2.04. The zero-order valence-corrected chi connectivity index (χ0v) is 9.96. The highest BCUT2D eigenvalue weighted by Crippen LogP contribution is 2.21. The van der Waals surface area contributed by atoms with E-state index in [0.717, 1.165) is 0 Å². The first-order chi connectivity index (χ1) is 8.31. The van der Waals surface area contributed by atoms with Crippen LogP contribution in [0.1, 0.15) is 16.8 Å². The molecule has 0 fully saturated rings. The number of nitrogens with zero attached hydrogens (tertiary/aromatic N) is 1. The summed E-state index contributed by atoms with van der Waals surface area (Å²) < 4.78 is 17.2. The number of carbonyl (C=O) groups excluding carboxylic acids is 2. The largest absolute Gasteiger partial charge is 0.481 e. The highest BCUT2D eigenvalue weighted by Gasteiger charge is 2.21. The molecule has 0 spiro atoms. The van der Waals surface area contributed by atoms with E-state index in [1.54, 1.807) is 0 Å². The van der Waals surface area contributed by atoms with Gasteiger partial charge in [-0.2, -0.15) is 0 Å². The monoisotopic (exact) mass is 295 g/mol. The van der Waals surface area contributed by atoms with Crippen molar-refractivity contribution in [2.75, 3.05) is 0 Å². The summed E-state index contributed by atoms with van der Waals surface area (Å²) in [4.78, 5) is 35.7. The molecule has 0 aliphatic rings. The third kappa shape index (κ3) is 3.64. The van der Waals surface area contributed by atoms with Gasteiger partial charge in [-0.25, -0.2) is 14.2 Å². The van der Waals surface area contributed by atoms with Gasteiger partial charge in [0, 0.05) is 0 Å². The molecule has 1 aromatic rings. The molecular formula is C9H4Cl2FNO5. The first kappa shape index (κ1) is 14.3. The quantitative estimate of drug-likeness (QED) is 0.518. The van der Waals surface area contributed by atoms with Crippen molar-refractivity contribution in [2.45, 2.75) is 6.42 Å². The molecule has 1 aromatic heterocycles. The van der Waals surface area contributed by atoms with Crippen LogP contribution >= 0.6 is 23.2 Å². The van der Waals surface area contributed by atoms with Crippen LogP contribution in [0.15, 0.2) is 6.07 Å². The van der Waals surface area contributed by atoms with Crippen LogP contribution in [0, 0.1) is 5.82 Å². The van der Waals surface area contributed by atoms with Crippen LogP contribution < -0.4 is 0 Å². The number of carboxylic acid groups (broad SMARTS) is 1. The second-order valence-corrected chi connectivity index (χ2v) is 3.65. The highest BCUT2D eigenvalue weighted by atomic mass is 35.5. The zero-order chi connectivity index (χ0) is 13.9. The van der Waals surface area contributed by atoms with Gasteiger partial charge in [0.15, 0.2) is 11.0 Å². The molecule has 0 bridgehead atoms. The Hall–Kier alpha value is -1.73. The predicted molar refractivity (Wildman–Crippen MR) is 56.9 cm³/mol. The molecular weight excluding hydrogens is 292 g/mol. The molecule has 0 aliphatic carbocycles. The van der Waals surface area contributed by atoms with Crippen molar-refractivity contribution in [1.82, 2.24) is 4.98 Å². The summed E-state index contributed by atoms with van der Waals surface area (Å²) in [6.45, 7) is 0. The summed E-state index contributed by atoms with van der Waals surface area (Å²) in [5.74, 6) is -5.12. The number of aliphatic carboxylic acids is 1. The van der Waals surface area contributed by atoms with Crippen LogP contribution in [-0.4, -0.2) is 28.0 Å². The number of ether oxygens (including phenoxy) is 1. The van der Waals surface area contributed by atoms with E-state index >= 15 is 0 Å². The Morgan fingerprint density at radius 1 is 1.33 bits per heavy atom. The van der Waals surface area contributed by atoms with Crippen LogP contribution in [0.4, 0.5) is 4.39 Å². The van der Waals surface area contributed by atoms with Crippen LogP contribution in [0.2, 0.25) is 10.3 Å². The van der Waals surface area contributed by atoms with E-state index in [1.165, 1.54) is 0 Å². The number of esters is 2. The normalized spacial score (nSPS) is 9.94. The van der Waals surface area contributed by atoms with Gasteiger partial charge in [0.25, 0.3) is 0 Å². The van der Waals surface area contributed by atoms with Gasteiger partial charge in [0.05, 0.1) is 0 Å². The number of hydrogen-bond donors (Lipinski definition) is 1. The van der Waals surface area contributed by atoms with Gasteiger partial charge in [-0.05, 0) is 6.07 Å². The average molecular weight is 296 g/mol. The Balaban J connectivity index is 2.88. The van der Waals surface area contributed by atoms with E-state index in [0.29, 0.717) is 6.07 Å². The number of rotatable bonds is 3. The first-order valence-corrected chi connectivity index (χ1v) is 5.05. The smallest absolute Gasteiger partial charge is 0.349 e. The molecule has 0 saturated heterocycles. The molecule has 18 heavy (non-hydrogen) atoms. The Morgan fingerprint density at radius 3 is 2.50 bits per heavy atom. The Labute approximate surface area is 109 Å². The Kier molecular flexibility index (Phi) is 4.57. The minimum atomic E-state index is -1.47. The first-order valence-electron chi connectivity index (χ1n) is 4.29. The van der Waals surface area contributed by atoms with E-state index in [9.17, 15) is 18.8 Å². The van der Waals surface area contributed by atoms with Crippen molar-refractivity contribution in [3.8, 4) is 0 Å². The summed E-state index contributed by atoms with van der Waals surface area (Å²) in [7, 11) is 0. The number of aromatic nitrogens is 1. The van der Waals surface area contributed by atoms with Gasteiger partial charge in [0.2, 0.25) is 0 Å². The van der Waals surface area contributed by atoms with Crippen molar-refractivity contribution in [3.63, 3.8) is 0 Å². The molecule has 0 amide bonds. The zero-order valence-electron chi connectivity index (χ0n) is 8.45. The fourth-order valence-corrected chi connectivity index (χ4v) is 1.31. The number of carboxylic acids is 1. The van der Waals surface area contributed by atoms with E-state index in [2.05, 4.69) is 9.72 Å².